The molecular weight excluding hydrogens is 467 g/mol. The minimum atomic E-state index is 0. The number of aliphatic imine (C=N–C) groups is 1. The van der Waals surface area contributed by atoms with Crippen molar-refractivity contribution >= 4 is 41.5 Å². The lowest BCUT2D eigenvalue weighted by atomic mass is 10.0. The van der Waals surface area contributed by atoms with E-state index in [-0.39, 0.29) is 30.0 Å². The first-order valence-electron chi connectivity index (χ1n) is 8.83. The van der Waals surface area contributed by atoms with Crippen molar-refractivity contribution in [1.82, 2.24) is 15.5 Å². The molecule has 2 rings (SSSR count). The van der Waals surface area contributed by atoms with E-state index in [4.69, 9.17) is 26.1 Å². The summed E-state index contributed by atoms with van der Waals surface area (Å²) in [5.74, 6) is 0.796. The molecule has 0 aromatic heterocycles. The molecule has 0 radical (unpaired) electrons. The van der Waals surface area contributed by atoms with Crippen molar-refractivity contribution in [3.05, 3.63) is 34.9 Å². The zero-order valence-electron chi connectivity index (χ0n) is 15.5. The molecule has 1 atom stereocenters. The molecule has 1 fully saturated rings. The highest BCUT2D eigenvalue weighted by Gasteiger charge is 2.24. The molecule has 1 saturated heterocycles. The maximum atomic E-state index is 6.46. The molecule has 0 aliphatic carbocycles. The summed E-state index contributed by atoms with van der Waals surface area (Å²) in [6.45, 7) is 8.13. The molecule has 0 spiro atoms. The molecule has 1 aliphatic rings. The van der Waals surface area contributed by atoms with Gasteiger partial charge in [0.2, 0.25) is 0 Å². The fourth-order valence-corrected chi connectivity index (χ4v) is 3.10. The maximum absolute atomic E-state index is 6.46. The van der Waals surface area contributed by atoms with Crippen LogP contribution in [-0.2, 0) is 9.47 Å². The van der Waals surface area contributed by atoms with Crippen LogP contribution in [-0.4, -0.2) is 70.5 Å². The fourth-order valence-electron chi connectivity index (χ4n) is 2.84. The van der Waals surface area contributed by atoms with Crippen LogP contribution in [0.1, 0.15) is 18.5 Å². The Hall–Kier alpha value is -0.610. The van der Waals surface area contributed by atoms with Gasteiger partial charge in [-0.05, 0) is 18.6 Å². The van der Waals surface area contributed by atoms with Crippen LogP contribution in [0.4, 0.5) is 0 Å². The third-order valence-corrected chi connectivity index (χ3v) is 4.46. The molecule has 1 aromatic rings. The summed E-state index contributed by atoms with van der Waals surface area (Å²) in [6, 6.07) is 8.15. The number of morpholine rings is 1. The Kier molecular flexibility index (Phi) is 12.2. The predicted molar refractivity (Wildman–Crippen MR) is 118 cm³/mol. The number of ether oxygens (including phenoxy) is 2. The number of hydrogen-bond donors (Lipinski definition) is 2. The quantitative estimate of drug-likeness (QED) is 0.251. The molecule has 148 valence electrons. The summed E-state index contributed by atoms with van der Waals surface area (Å²) in [5.41, 5.74) is 1.11. The highest BCUT2D eigenvalue weighted by atomic mass is 127. The lowest BCUT2D eigenvalue weighted by molar-refractivity contribution is 0.0180. The third kappa shape index (κ3) is 7.56. The summed E-state index contributed by atoms with van der Waals surface area (Å²) in [5, 5.41) is 7.34. The van der Waals surface area contributed by atoms with Crippen LogP contribution < -0.4 is 10.6 Å². The van der Waals surface area contributed by atoms with E-state index < -0.39 is 0 Å². The Bertz CT molecular complexity index is 542. The van der Waals surface area contributed by atoms with E-state index in [1.807, 2.05) is 18.2 Å². The van der Waals surface area contributed by atoms with Gasteiger partial charge in [0.15, 0.2) is 5.96 Å². The Morgan fingerprint density at radius 3 is 2.69 bits per heavy atom. The van der Waals surface area contributed by atoms with Gasteiger partial charge in [-0.25, -0.2) is 0 Å². The van der Waals surface area contributed by atoms with Gasteiger partial charge in [-0.2, -0.15) is 0 Å². The molecule has 0 amide bonds. The minimum Gasteiger partial charge on any atom is -0.383 e. The van der Waals surface area contributed by atoms with Gasteiger partial charge < -0.3 is 20.1 Å². The van der Waals surface area contributed by atoms with E-state index in [0.717, 1.165) is 55.9 Å². The molecule has 0 bridgehead atoms. The monoisotopic (exact) mass is 496 g/mol. The lowest BCUT2D eigenvalue weighted by Crippen LogP contribution is -2.42. The predicted octanol–water partition coefficient (Wildman–Crippen LogP) is 2.53. The van der Waals surface area contributed by atoms with Gasteiger partial charge >= 0.3 is 0 Å². The van der Waals surface area contributed by atoms with E-state index in [1.54, 1.807) is 7.11 Å². The van der Waals surface area contributed by atoms with Gasteiger partial charge in [-0.1, -0.05) is 29.8 Å². The second-order valence-corrected chi connectivity index (χ2v) is 6.23. The van der Waals surface area contributed by atoms with Gasteiger partial charge in [0.05, 0.1) is 32.4 Å². The average Bonchev–Trinajstić information content (AvgIpc) is 2.64. The molecule has 6 nitrogen and oxygen atoms in total. The number of guanidine groups is 1. The Morgan fingerprint density at radius 2 is 2.04 bits per heavy atom. The summed E-state index contributed by atoms with van der Waals surface area (Å²) in [4.78, 5) is 7.17. The molecule has 1 aliphatic heterocycles. The lowest BCUT2D eigenvalue weighted by Gasteiger charge is -2.34. The zero-order chi connectivity index (χ0) is 17.9. The van der Waals surface area contributed by atoms with Crippen LogP contribution in [0, 0.1) is 0 Å². The van der Waals surface area contributed by atoms with E-state index in [2.05, 4.69) is 28.5 Å². The minimum absolute atomic E-state index is 0. The number of nitrogens with zero attached hydrogens (tertiary/aromatic N) is 2. The Labute approximate surface area is 178 Å². The molecule has 0 saturated carbocycles. The number of benzene rings is 1. The van der Waals surface area contributed by atoms with Crippen molar-refractivity contribution in [2.24, 2.45) is 4.99 Å². The SMILES string of the molecule is CCNC(=NCC(c1ccccc1Cl)N1CCOCC1)NCCOC.I. The summed E-state index contributed by atoms with van der Waals surface area (Å²) in [6.07, 6.45) is 0. The second kappa shape index (κ2) is 13.5. The van der Waals surface area contributed by atoms with E-state index >= 15 is 0 Å². The molecule has 2 N–H and O–H groups in total. The number of rotatable bonds is 8. The largest absolute Gasteiger partial charge is 0.383 e. The average molecular weight is 497 g/mol. The van der Waals surface area contributed by atoms with Crippen LogP contribution in [0.3, 0.4) is 0 Å². The summed E-state index contributed by atoms with van der Waals surface area (Å²) < 4.78 is 10.6. The highest BCUT2D eigenvalue weighted by molar-refractivity contribution is 14.0. The molecule has 1 unspecified atom stereocenters. The number of halogens is 2. The zero-order valence-corrected chi connectivity index (χ0v) is 18.6. The first kappa shape index (κ1) is 23.4. The van der Waals surface area contributed by atoms with Crippen molar-refractivity contribution in [1.29, 1.82) is 0 Å². The van der Waals surface area contributed by atoms with Crippen molar-refractivity contribution in [2.45, 2.75) is 13.0 Å². The Balaban J connectivity index is 0.00000338. The topological polar surface area (TPSA) is 58.1 Å². The van der Waals surface area contributed by atoms with E-state index in [1.165, 1.54) is 0 Å². The van der Waals surface area contributed by atoms with Gasteiger partial charge in [0.25, 0.3) is 0 Å². The summed E-state index contributed by atoms with van der Waals surface area (Å²) >= 11 is 6.46. The van der Waals surface area contributed by atoms with E-state index in [9.17, 15) is 0 Å². The van der Waals surface area contributed by atoms with Crippen LogP contribution in [0.5, 0.6) is 0 Å². The molecule has 1 aromatic carbocycles. The third-order valence-electron chi connectivity index (χ3n) is 4.12. The molecule has 8 heteroatoms. The molecule has 1 heterocycles. The standard InChI is InChI=1S/C18H29ClN4O2.HI/c1-3-20-18(21-8-11-24-2)22-14-17(23-9-12-25-13-10-23)15-6-4-5-7-16(15)19;/h4-7,17H,3,8-14H2,1-2H3,(H2,20,21,22);1H. The second-order valence-electron chi connectivity index (χ2n) is 5.82. The highest BCUT2D eigenvalue weighted by Crippen LogP contribution is 2.28. The first-order valence-corrected chi connectivity index (χ1v) is 9.21. The Morgan fingerprint density at radius 1 is 1.31 bits per heavy atom. The van der Waals surface area contributed by atoms with E-state index in [0.29, 0.717) is 13.2 Å². The van der Waals surface area contributed by atoms with Gasteiger partial charge in [0.1, 0.15) is 0 Å². The van der Waals surface area contributed by atoms with Gasteiger partial charge in [-0.3, -0.25) is 9.89 Å². The summed E-state index contributed by atoms with van der Waals surface area (Å²) in [7, 11) is 1.69. The van der Waals surface area contributed by atoms with Crippen molar-refractivity contribution < 1.29 is 9.47 Å². The van der Waals surface area contributed by atoms with Gasteiger partial charge in [0, 0.05) is 38.3 Å². The number of methoxy groups -OCH3 is 1. The van der Waals surface area contributed by atoms with Crippen LogP contribution in [0.15, 0.2) is 29.3 Å². The smallest absolute Gasteiger partial charge is 0.191 e. The maximum Gasteiger partial charge on any atom is 0.191 e. The van der Waals surface area contributed by atoms with Crippen LogP contribution >= 0.6 is 35.6 Å². The van der Waals surface area contributed by atoms with Crippen LogP contribution in [0.25, 0.3) is 0 Å². The molecule has 26 heavy (non-hydrogen) atoms. The van der Waals surface area contributed by atoms with Crippen molar-refractivity contribution in [3.8, 4) is 0 Å². The van der Waals surface area contributed by atoms with Crippen molar-refractivity contribution in [3.63, 3.8) is 0 Å². The number of nitrogens with one attached hydrogen (secondary N) is 2. The fraction of sp³-hybridized carbons (Fsp3) is 0.611. The van der Waals surface area contributed by atoms with Gasteiger partial charge in [-0.15, -0.1) is 24.0 Å². The van der Waals surface area contributed by atoms with Crippen molar-refractivity contribution in [2.75, 3.05) is 59.7 Å². The normalized spacial score (nSPS) is 16.7. The first-order chi connectivity index (χ1) is 12.3. The molecular formula is C18H30ClIN4O2. The van der Waals surface area contributed by atoms with Crippen LogP contribution in [0.2, 0.25) is 5.02 Å². The number of hydrogen-bond acceptors (Lipinski definition) is 4.